The number of rotatable bonds is 5. The van der Waals surface area contributed by atoms with Crippen LogP contribution in [-0.4, -0.2) is 54.6 Å². The summed E-state index contributed by atoms with van der Waals surface area (Å²) in [4.78, 5) is 19.3. The van der Waals surface area contributed by atoms with Gasteiger partial charge in [-0.3, -0.25) is 9.80 Å². The quantitative estimate of drug-likeness (QED) is 0.833. The fraction of sp³-hybridized carbons (Fsp3) is 0.611. The maximum absolute atomic E-state index is 12.9. The largest absolute Gasteiger partial charge is 0.324 e. The highest BCUT2D eigenvalue weighted by Crippen LogP contribution is 2.18. The van der Waals surface area contributed by atoms with Crippen molar-refractivity contribution < 1.29 is 4.79 Å². The summed E-state index contributed by atoms with van der Waals surface area (Å²) in [6.07, 6.45) is 2.13. The van der Waals surface area contributed by atoms with Crippen molar-refractivity contribution in [2.75, 3.05) is 37.6 Å². The van der Waals surface area contributed by atoms with Crippen LogP contribution in [0.15, 0.2) is 30.3 Å². The van der Waals surface area contributed by atoms with E-state index in [-0.39, 0.29) is 6.03 Å². The van der Waals surface area contributed by atoms with Gasteiger partial charge in [-0.2, -0.15) is 0 Å². The van der Waals surface area contributed by atoms with Gasteiger partial charge in [0.2, 0.25) is 0 Å². The van der Waals surface area contributed by atoms with Crippen LogP contribution in [0.3, 0.4) is 0 Å². The third-order valence-electron chi connectivity index (χ3n) is 4.35. The van der Waals surface area contributed by atoms with E-state index in [4.69, 9.17) is 0 Å². The second-order valence-corrected chi connectivity index (χ2v) is 6.24. The molecule has 0 bridgehead atoms. The van der Waals surface area contributed by atoms with Gasteiger partial charge >= 0.3 is 6.03 Å². The monoisotopic (exact) mass is 303 g/mol. The number of hydrogen-bond acceptors (Lipinski definition) is 2. The average molecular weight is 303 g/mol. The Kier molecular flexibility index (Phi) is 6.25. The summed E-state index contributed by atoms with van der Waals surface area (Å²) in [7, 11) is 0. The van der Waals surface area contributed by atoms with Crippen molar-refractivity contribution in [3.8, 4) is 0 Å². The van der Waals surface area contributed by atoms with E-state index >= 15 is 0 Å². The number of urea groups is 1. The number of benzene rings is 1. The number of hydrogen-bond donors (Lipinski definition) is 0. The van der Waals surface area contributed by atoms with E-state index in [1.165, 1.54) is 0 Å². The Morgan fingerprint density at radius 2 is 1.77 bits per heavy atom. The van der Waals surface area contributed by atoms with E-state index in [0.29, 0.717) is 6.04 Å². The number of piperazine rings is 1. The van der Waals surface area contributed by atoms with E-state index < -0.39 is 0 Å². The normalized spacial score (nSPS) is 16.1. The molecular formula is C18H29N3O. The van der Waals surface area contributed by atoms with Crippen LogP contribution in [0.25, 0.3) is 0 Å². The number of anilines is 1. The van der Waals surface area contributed by atoms with Gasteiger partial charge in [0.15, 0.2) is 0 Å². The summed E-state index contributed by atoms with van der Waals surface area (Å²) in [5, 5.41) is 0. The van der Waals surface area contributed by atoms with Crippen molar-refractivity contribution in [2.24, 2.45) is 0 Å². The molecule has 0 atom stereocenters. The maximum atomic E-state index is 12.9. The first-order chi connectivity index (χ1) is 10.6. The van der Waals surface area contributed by atoms with Gasteiger partial charge in [-0.15, -0.1) is 0 Å². The molecule has 1 heterocycles. The lowest BCUT2D eigenvalue weighted by Gasteiger charge is -2.39. The minimum absolute atomic E-state index is 0.156. The van der Waals surface area contributed by atoms with Gasteiger partial charge in [-0.05, 0) is 32.4 Å². The average Bonchev–Trinajstić information content (AvgIpc) is 2.56. The van der Waals surface area contributed by atoms with Crippen LogP contribution in [-0.2, 0) is 0 Å². The molecule has 0 aromatic heterocycles. The number of unbranched alkanes of at least 4 members (excludes halogenated alkanes) is 1. The predicted octanol–water partition coefficient (Wildman–Crippen LogP) is 3.44. The van der Waals surface area contributed by atoms with Crippen LogP contribution >= 0.6 is 0 Å². The molecule has 0 saturated carbocycles. The number of para-hydroxylation sites is 1. The lowest BCUT2D eigenvalue weighted by molar-refractivity contribution is 0.122. The molecule has 0 aliphatic carbocycles. The van der Waals surface area contributed by atoms with E-state index in [1.54, 1.807) is 0 Å². The summed E-state index contributed by atoms with van der Waals surface area (Å²) >= 11 is 0. The standard InChI is InChI=1S/C18H29N3O/c1-4-5-11-21(17-9-7-6-8-10-17)18(22)20-14-12-19(13-15-20)16(2)3/h6-10,16H,4-5,11-15H2,1-3H3. The Labute approximate surface area is 134 Å². The first kappa shape index (κ1) is 16.8. The Balaban J connectivity index is 2.03. The van der Waals surface area contributed by atoms with E-state index in [0.717, 1.165) is 51.3 Å². The summed E-state index contributed by atoms with van der Waals surface area (Å²) in [5.41, 5.74) is 1.01. The first-order valence-electron chi connectivity index (χ1n) is 8.49. The van der Waals surface area contributed by atoms with Gasteiger partial charge in [0, 0.05) is 44.5 Å². The molecule has 1 aromatic carbocycles. The molecular weight excluding hydrogens is 274 g/mol. The molecule has 0 unspecified atom stereocenters. The minimum Gasteiger partial charge on any atom is -0.322 e. The van der Waals surface area contributed by atoms with Crippen LogP contribution in [0, 0.1) is 0 Å². The van der Waals surface area contributed by atoms with Crippen molar-refractivity contribution in [1.29, 1.82) is 0 Å². The molecule has 0 spiro atoms. The first-order valence-corrected chi connectivity index (χ1v) is 8.49. The molecule has 2 amide bonds. The zero-order valence-electron chi connectivity index (χ0n) is 14.2. The van der Waals surface area contributed by atoms with E-state index in [2.05, 4.69) is 25.7 Å². The van der Waals surface area contributed by atoms with Crippen LogP contribution < -0.4 is 4.90 Å². The molecule has 0 radical (unpaired) electrons. The Morgan fingerprint density at radius 3 is 2.32 bits per heavy atom. The summed E-state index contributed by atoms with van der Waals surface area (Å²) < 4.78 is 0. The molecule has 122 valence electrons. The molecule has 1 aromatic rings. The van der Waals surface area contributed by atoms with Gasteiger partial charge in [0.1, 0.15) is 0 Å². The van der Waals surface area contributed by atoms with Crippen LogP contribution in [0.2, 0.25) is 0 Å². The van der Waals surface area contributed by atoms with Gasteiger partial charge in [0.25, 0.3) is 0 Å². The molecule has 22 heavy (non-hydrogen) atoms. The van der Waals surface area contributed by atoms with Crippen molar-refractivity contribution in [3.05, 3.63) is 30.3 Å². The lowest BCUT2D eigenvalue weighted by Crippen LogP contribution is -2.54. The Hall–Kier alpha value is -1.55. The fourth-order valence-corrected chi connectivity index (χ4v) is 2.86. The molecule has 1 saturated heterocycles. The summed E-state index contributed by atoms with van der Waals surface area (Å²) in [6.45, 7) is 11.0. The molecule has 1 fully saturated rings. The SMILES string of the molecule is CCCCN(C(=O)N1CCN(C(C)C)CC1)c1ccccc1. The van der Waals surface area contributed by atoms with Crippen LogP contribution in [0.5, 0.6) is 0 Å². The van der Waals surface area contributed by atoms with Crippen molar-refractivity contribution >= 4 is 11.7 Å². The van der Waals surface area contributed by atoms with Gasteiger partial charge in [-0.25, -0.2) is 4.79 Å². The number of nitrogens with zero attached hydrogens (tertiary/aromatic N) is 3. The van der Waals surface area contributed by atoms with Gasteiger partial charge < -0.3 is 4.90 Å². The second-order valence-electron chi connectivity index (χ2n) is 6.24. The molecule has 2 rings (SSSR count). The highest BCUT2D eigenvalue weighted by atomic mass is 16.2. The third kappa shape index (κ3) is 4.23. The smallest absolute Gasteiger partial charge is 0.322 e. The highest BCUT2D eigenvalue weighted by molar-refractivity contribution is 5.92. The molecule has 1 aliphatic heterocycles. The predicted molar refractivity (Wildman–Crippen MR) is 92.4 cm³/mol. The van der Waals surface area contributed by atoms with Crippen molar-refractivity contribution in [1.82, 2.24) is 9.80 Å². The number of carbonyl (C=O) groups is 1. The fourth-order valence-electron chi connectivity index (χ4n) is 2.86. The second kappa shape index (κ2) is 8.18. The van der Waals surface area contributed by atoms with Crippen molar-refractivity contribution in [3.63, 3.8) is 0 Å². The van der Waals surface area contributed by atoms with Crippen LogP contribution in [0.4, 0.5) is 10.5 Å². The Bertz CT molecular complexity index is 453. The zero-order valence-corrected chi connectivity index (χ0v) is 14.2. The maximum Gasteiger partial charge on any atom is 0.324 e. The Morgan fingerprint density at radius 1 is 1.14 bits per heavy atom. The molecule has 4 nitrogen and oxygen atoms in total. The van der Waals surface area contributed by atoms with E-state index in [9.17, 15) is 4.79 Å². The summed E-state index contributed by atoms with van der Waals surface area (Å²) in [5.74, 6) is 0. The lowest BCUT2D eigenvalue weighted by atomic mass is 10.2. The van der Waals surface area contributed by atoms with Crippen LogP contribution in [0.1, 0.15) is 33.6 Å². The molecule has 0 N–H and O–H groups in total. The number of carbonyl (C=O) groups excluding carboxylic acids is 1. The zero-order chi connectivity index (χ0) is 15.9. The van der Waals surface area contributed by atoms with Gasteiger partial charge in [0.05, 0.1) is 0 Å². The minimum atomic E-state index is 0.156. The molecule has 4 heteroatoms. The third-order valence-corrected chi connectivity index (χ3v) is 4.35. The highest BCUT2D eigenvalue weighted by Gasteiger charge is 2.26. The van der Waals surface area contributed by atoms with E-state index in [1.807, 2.05) is 40.1 Å². The van der Waals surface area contributed by atoms with Gasteiger partial charge in [-0.1, -0.05) is 31.5 Å². The summed E-state index contributed by atoms with van der Waals surface area (Å²) in [6, 6.07) is 10.8. The number of amides is 2. The topological polar surface area (TPSA) is 26.8 Å². The van der Waals surface area contributed by atoms with Crippen molar-refractivity contribution in [2.45, 2.75) is 39.7 Å². The molecule has 1 aliphatic rings.